The number of nitrogens with two attached hydrogens (primary N) is 1. The summed E-state index contributed by atoms with van der Waals surface area (Å²) in [5.41, 5.74) is 0.797. The third-order valence-corrected chi connectivity index (χ3v) is 6.27. The van der Waals surface area contributed by atoms with Gasteiger partial charge in [-0.3, -0.25) is 0 Å². The van der Waals surface area contributed by atoms with Crippen LogP contribution in [0.2, 0.25) is 0 Å². The average Bonchev–Trinajstić information content (AvgIpc) is 2.59. The monoisotopic (exact) mass is 398 g/mol. The van der Waals surface area contributed by atoms with Crippen LogP contribution in [-0.2, 0) is 20.0 Å². The number of benzene rings is 2. The minimum absolute atomic E-state index is 0.0122. The second kappa shape index (κ2) is 7.75. The second-order valence-electron chi connectivity index (χ2n) is 6.13. The SMILES string of the molecule is COc1ccc([C@@H](NS(=O)(=O)c2ccc(S(N)(=O)=O)cc2)C(C)C)cc1. The van der Waals surface area contributed by atoms with Gasteiger partial charge in [-0.15, -0.1) is 0 Å². The molecule has 9 heteroatoms. The molecule has 0 aliphatic carbocycles. The van der Waals surface area contributed by atoms with Crippen molar-refractivity contribution in [1.82, 2.24) is 4.72 Å². The quantitative estimate of drug-likeness (QED) is 0.740. The van der Waals surface area contributed by atoms with Crippen LogP contribution >= 0.6 is 0 Å². The molecule has 0 heterocycles. The molecule has 0 fully saturated rings. The Hall–Kier alpha value is -1.94. The van der Waals surface area contributed by atoms with Crippen molar-refractivity contribution >= 4 is 20.0 Å². The summed E-state index contributed by atoms with van der Waals surface area (Å²) < 4.78 is 55.8. The van der Waals surface area contributed by atoms with Crippen molar-refractivity contribution in [2.75, 3.05) is 7.11 Å². The summed E-state index contributed by atoms with van der Waals surface area (Å²) in [5, 5.41) is 5.03. The fraction of sp³-hybridized carbons (Fsp3) is 0.294. The van der Waals surface area contributed by atoms with Gasteiger partial charge in [-0.2, -0.15) is 0 Å². The lowest BCUT2D eigenvalue weighted by molar-refractivity contribution is 0.413. The van der Waals surface area contributed by atoms with Gasteiger partial charge in [0, 0.05) is 6.04 Å². The zero-order chi connectivity index (χ0) is 19.5. The summed E-state index contributed by atoms with van der Waals surface area (Å²) in [6.07, 6.45) is 0. The smallest absolute Gasteiger partial charge is 0.241 e. The van der Waals surface area contributed by atoms with Crippen molar-refractivity contribution in [3.63, 3.8) is 0 Å². The lowest BCUT2D eigenvalue weighted by Crippen LogP contribution is -2.31. The first-order valence-electron chi connectivity index (χ1n) is 7.84. The Morgan fingerprint density at radius 1 is 0.885 bits per heavy atom. The fourth-order valence-electron chi connectivity index (χ4n) is 2.44. The van der Waals surface area contributed by atoms with E-state index in [0.29, 0.717) is 5.75 Å². The Labute approximate surface area is 154 Å². The highest BCUT2D eigenvalue weighted by atomic mass is 32.2. The molecule has 0 spiro atoms. The largest absolute Gasteiger partial charge is 0.497 e. The van der Waals surface area contributed by atoms with Gasteiger partial charge in [0.25, 0.3) is 0 Å². The van der Waals surface area contributed by atoms with E-state index in [9.17, 15) is 16.8 Å². The van der Waals surface area contributed by atoms with E-state index in [0.717, 1.165) is 5.56 Å². The molecule has 26 heavy (non-hydrogen) atoms. The summed E-state index contributed by atoms with van der Waals surface area (Å²) in [5.74, 6) is 0.666. The van der Waals surface area contributed by atoms with E-state index in [-0.39, 0.29) is 15.7 Å². The molecule has 2 aromatic carbocycles. The number of sulfonamides is 2. The Morgan fingerprint density at radius 3 is 1.81 bits per heavy atom. The Bertz CT molecular complexity index is 951. The van der Waals surface area contributed by atoms with Crippen molar-refractivity contribution in [3.05, 3.63) is 54.1 Å². The van der Waals surface area contributed by atoms with Crippen LogP contribution < -0.4 is 14.6 Å². The number of methoxy groups -OCH3 is 1. The van der Waals surface area contributed by atoms with E-state index in [2.05, 4.69) is 4.72 Å². The lowest BCUT2D eigenvalue weighted by atomic mass is 9.97. The first-order chi connectivity index (χ1) is 12.0. The summed E-state index contributed by atoms with van der Waals surface area (Å²) in [7, 11) is -6.17. The van der Waals surface area contributed by atoms with Gasteiger partial charge in [-0.1, -0.05) is 26.0 Å². The molecule has 2 aromatic rings. The molecule has 2 rings (SSSR count). The van der Waals surface area contributed by atoms with E-state index in [1.54, 1.807) is 31.4 Å². The highest BCUT2D eigenvalue weighted by molar-refractivity contribution is 7.89. The Morgan fingerprint density at radius 2 is 1.38 bits per heavy atom. The van der Waals surface area contributed by atoms with E-state index < -0.39 is 26.1 Å². The number of hydrogen-bond donors (Lipinski definition) is 2. The van der Waals surface area contributed by atoms with Gasteiger partial charge in [0.1, 0.15) is 5.75 Å². The van der Waals surface area contributed by atoms with E-state index in [1.807, 2.05) is 13.8 Å². The lowest BCUT2D eigenvalue weighted by Gasteiger charge is -2.23. The van der Waals surface area contributed by atoms with Crippen LogP contribution in [0.1, 0.15) is 25.5 Å². The third kappa shape index (κ3) is 4.82. The summed E-state index contributed by atoms with van der Waals surface area (Å²) >= 11 is 0. The predicted molar refractivity (Wildman–Crippen MR) is 98.7 cm³/mol. The molecule has 7 nitrogen and oxygen atoms in total. The molecule has 1 atom stereocenters. The Balaban J connectivity index is 2.31. The maximum absolute atomic E-state index is 12.7. The van der Waals surface area contributed by atoms with Crippen molar-refractivity contribution in [3.8, 4) is 5.75 Å². The molecule has 0 saturated carbocycles. The standard InChI is InChI=1S/C17H22N2O5S2/c1-12(2)17(13-4-6-14(24-3)7-5-13)19-26(22,23)16-10-8-15(9-11-16)25(18,20)21/h4-12,17,19H,1-3H3,(H2,18,20,21)/t17-/m0/s1. The topological polar surface area (TPSA) is 116 Å². The first kappa shape index (κ1) is 20.4. The zero-order valence-corrected chi connectivity index (χ0v) is 16.3. The van der Waals surface area contributed by atoms with Crippen LogP contribution in [0.4, 0.5) is 0 Å². The van der Waals surface area contributed by atoms with Gasteiger partial charge in [0.15, 0.2) is 0 Å². The summed E-state index contributed by atoms with van der Waals surface area (Å²) in [4.78, 5) is -0.184. The number of hydrogen-bond acceptors (Lipinski definition) is 5. The first-order valence-corrected chi connectivity index (χ1v) is 10.9. The number of nitrogens with one attached hydrogen (secondary N) is 1. The summed E-state index contributed by atoms with van der Waals surface area (Å²) in [6.45, 7) is 3.81. The maximum atomic E-state index is 12.7. The molecule has 0 saturated heterocycles. The summed E-state index contributed by atoms with van der Waals surface area (Å²) in [6, 6.07) is 11.4. The molecule has 0 radical (unpaired) electrons. The van der Waals surface area contributed by atoms with Crippen LogP contribution in [0.3, 0.4) is 0 Å². The van der Waals surface area contributed by atoms with Gasteiger partial charge in [-0.25, -0.2) is 26.7 Å². The van der Waals surface area contributed by atoms with Crippen LogP contribution in [0, 0.1) is 5.92 Å². The van der Waals surface area contributed by atoms with E-state index in [1.165, 1.54) is 24.3 Å². The third-order valence-electron chi connectivity index (χ3n) is 3.89. The zero-order valence-electron chi connectivity index (χ0n) is 14.7. The van der Waals surface area contributed by atoms with Crippen molar-refractivity contribution < 1.29 is 21.6 Å². The average molecular weight is 399 g/mol. The normalized spacial score (nSPS) is 13.6. The maximum Gasteiger partial charge on any atom is 0.241 e. The molecule has 0 unspecified atom stereocenters. The van der Waals surface area contributed by atoms with E-state index in [4.69, 9.17) is 9.88 Å². The minimum atomic E-state index is -3.88. The van der Waals surface area contributed by atoms with Gasteiger partial charge in [-0.05, 0) is 47.9 Å². The van der Waals surface area contributed by atoms with Crippen LogP contribution in [-0.4, -0.2) is 23.9 Å². The van der Waals surface area contributed by atoms with Gasteiger partial charge >= 0.3 is 0 Å². The number of primary sulfonamides is 1. The molecular formula is C17H22N2O5S2. The predicted octanol–water partition coefficient (Wildman–Crippen LogP) is 2.02. The molecule has 0 aliphatic heterocycles. The van der Waals surface area contributed by atoms with Crippen LogP contribution in [0.15, 0.2) is 58.3 Å². The van der Waals surface area contributed by atoms with E-state index >= 15 is 0 Å². The fourth-order valence-corrected chi connectivity index (χ4v) is 4.33. The Kier molecular flexibility index (Phi) is 6.07. The van der Waals surface area contributed by atoms with Crippen molar-refractivity contribution in [2.24, 2.45) is 11.1 Å². The highest BCUT2D eigenvalue weighted by Crippen LogP contribution is 2.26. The molecule has 142 valence electrons. The minimum Gasteiger partial charge on any atom is -0.497 e. The highest BCUT2D eigenvalue weighted by Gasteiger charge is 2.24. The second-order valence-corrected chi connectivity index (χ2v) is 9.41. The molecule has 3 N–H and O–H groups in total. The van der Waals surface area contributed by atoms with Gasteiger partial charge in [0.2, 0.25) is 20.0 Å². The van der Waals surface area contributed by atoms with Crippen LogP contribution in [0.25, 0.3) is 0 Å². The molecular weight excluding hydrogens is 376 g/mol. The van der Waals surface area contributed by atoms with Crippen molar-refractivity contribution in [1.29, 1.82) is 0 Å². The molecule has 0 amide bonds. The molecule has 0 aromatic heterocycles. The molecule has 0 bridgehead atoms. The van der Waals surface area contributed by atoms with Gasteiger partial charge < -0.3 is 4.74 Å². The van der Waals surface area contributed by atoms with Gasteiger partial charge in [0.05, 0.1) is 16.9 Å². The molecule has 0 aliphatic rings. The van der Waals surface area contributed by atoms with Crippen LogP contribution in [0.5, 0.6) is 5.75 Å². The number of rotatable bonds is 7. The number of ether oxygens (including phenoxy) is 1. The van der Waals surface area contributed by atoms with Crippen molar-refractivity contribution in [2.45, 2.75) is 29.7 Å².